The fourth-order valence-electron chi connectivity index (χ4n) is 5.29. The molecule has 1 saturated heterocycles. The number of aryl methyl sites for hydroxylation is 1. The lowest BCUT2D eigenvalue weighted by molar-refractivity contribution is 0.372. The van der Waals surface area contributed by atoms with Crippen LogP contribution in [-0.4, -0.2) is 69.8 Å². The van der Waals surface area contributed by atoms with Crippen molar-refractivity contribution in [2.75, 3.05) is 43.4 Å². The summed E-state index contributed by atoms with van der Waals surface area (Å²) in [6.45, 7) is 6.52. The van der Waals surface area contributed by atoms with Gasteiger partial charge in [0.1, 0.15) is 11.5 Å². The molecular weight excluding hydrogens is 464 g/mol. The van der Waals surface area contributed by atoms with Crippen LogP contribution in [-0.2, 0) is 13.1 Å². The van der Waals surface area contributed by atoms with Gasteiger partial charge in [-0.2, -0.15) is 4.98 Å². The molecule has 10 nitrogen and oxygen atoms in total. The average Bonchev–Trinajstić information content (AvgIpc) is 3.40. The molecule has 2 aromatic heterocycles. The molecule has 1 aliphatic carbocycles. The third kappa shape index (κ3) is 7.83. The lowest BCUT2D eigenvalue weighted by Crippen LogP contribution is -2.36. The average molecular weight is 507 g/mol. The van der Waals surface area contributed by atoms with Gasteiger partial charge in [-0.25, -0.2) is 4.98 Å². The first-order chi connectivity index (χ1) is 18.3. The summed E-state index contributed by atoms with van der Waals surface area (Å²) in [7, 11) is 0. The number of para-hydroxylation sites is 1. The van der Waals surface area contributed by atoms with Crippen LogP contribution < -0.4 is 26.6 Å². The maximum atomic E-state index is 4.81. The quantitative estimate of drug-likeness (QED) is 0.223. The van der Waals surface area contributed by atoms with E-state index in [-0.39, 0.29) is 0 Å². The predicted octanol–water partition coefficient (Wildman–Crippen LogP) is 2.90. The van der Waals surface area contributed by atoms with Gasteiger partial charge in [0.05, 0.1) is 18.3 Å². The van der Waals surface area contributed by atoms with Gasteiger partial charge in [-0.05, 0) is 63.9 Å². The summed E-state index contributed by atoms with van der Waals surface area (Å²) >= 11 is 0. The second-order valence-corrected chi connectivity index (χ2v) is 10.3. The molecule has 10 heteroatoms. The van der Waals surface area contributed by atoms with Crippen LogP contribution in [0.15, 0.2) is 30.5 Å². The van der Waals surface area contributed by atoms with Gasteiger partial charge in [0.25, 0.3) is 0 Å². The Morgan fingerprint density at radius 2 is 1.78 bits per heavy atom. The molecule has 3 aromatic rings. The first kappa shape index (κ1) is 25.8. The van der Waals surface area contributed by atoms with Crippen LogP contribution in [0.5, 0.6) is 0 Å². The summed E-state index contributed by atoms with van der Waals surface area (Å²) in [5, 5.41) is 27.3. The molecule has 1 aromatic carbocycles. The van der Waals surface area contributed by atoms with E-state index in [4.69, 9.17) is 9.97 Å². The van der Waals surface area contributed by atoms with Crippen LogP contribution in [0.3, 0.4) is 0 Å². The summed E-state index contributed by atoms with van der Waals surface area (Å²) in [4.78, 5) is 9.53. The first-order valence-corrected chi connectivity index (χ1v) is 14.1. The van der Waals surface area contributed by atoms with Crippen molar-refractivity contribution >= 4 is 22.7 Å². The van der Waals surface area contributed by atoms with Crippen LogP contribution in [0.4, 0.5) is 11.8 Å². The molecule has 0 spiro atoms. The van der Waals surface area contributed by atoms with Crippen LogP contribution in [0, 0.1) is 0 Å². The molecule has 0 unspecified atom stereocenters. The van der Waals surface area contributed by atoms with Crippen LogP contribution in [0.25, 0.3) is 10.9 Å². The highest BCUT2D eigenvalue weighted by molar-refractivity contribution is 5.90. The van der Waals surface area contributed by atoms with E-state index in [9.17, 15) is 0 Å². The number of hydrogen-bond acceptors (Lipinski definition) is 9. The zero-order valence-corrected chi connectivity index (χ0v) is 21.9. The number of hydrogen-bond donors (Lipinski definition) is 5. The molecule has 1 aliphatic heterocycles. The van der Waals surface area contributed by atoms with Crippen molar-refractivity contribution in [1.82, 2.24) is 40.9 Å². The summed E-state index contributed by atoms with van der Waals surface area (Å²) in [5.74, 6) is 1.50. The molecule has 5 N–H and O–H groups in total. The number of nitrogens with one attached hydrogen (secondary N) is 5. The van der Waals surface area contributed by atoms with E-state index in [0.29, 0.717) is 18.5 Å². The van der Waals surface area contributed by atoms with Gasteiger partial charge >= 0.3 is 0 Å². The molecular formula is C27H42N10. The van der Waals surface area contributed by atoms with Gasteiger partial charge in [0.2, 0.25) is 5.95 Å². The summed E-state index contributed by atoms with van der Waals surface area (Å²) < 4.78 is 1.92. The Balaban J connectivity index is 1.05. The molecule has 200 valence electrons. The monoisotopic (exact) mass is 506 g/mol. The third-order valence-electron chi connectivity index (χ3n) is 7.38. The molecule has 2 aliphatic rings. The highest BCUT2D eigenvalue weighted by atomic mass is 15.4. The topological polar surface area (TPSA) is 117 Å². The van der Waals surface area contributed by atoms with Crippen LogP contribution in [0.1, 0.15) is 57.1 Å². The number of nitrogens with zero attached hydrogens (tertiary/aromatic N) is 5. The SMILES string of the molecule is c1ccc2c(NC3CCNCC3)nc(NCc3cn(CCCNCCNC4CCCCC4)nn3)nc2c1. The zero-order chi connectivity index (χ0) is 25.1. The fourth-order valence-corrected chi connectivity index (χ4v) is 5.29. The van der Waals surface area contributed by atoms with Gasteiger partial charge in [0, 0.05) is 37.1 Å². The second kappa shape index (κ2) is 13.6. The molecule has 2 fully saturated rings. The van der Waals surface area contributed by atoms with Crippen molar-refractivity contribution in [3.8, 4) is 0 Å². The number of aromatic nitrogens is 5. The van der Waals surface area contributed by atoms with Crippen LogP contribution in [0.2, 0.25) is 0 Å². The molecule has 5 rings (SSSR count). The normalized spacial score (nSPS) is 17.3. The number of piperidine rings is 1. The summed E-state index contributed by atoms with van der Waals surface area (Å²) in [6.07, 6.45) is 12.1. The Kier molecular flexibility index (Phi) is 9.52. The number of benzene rings is 1. The predicted molar refractivity (Wildman–Crippen MR) is 149 cm³/mol. The minimum absolute atomic E-state index is 0.426. The van der Waals surface area contributed by atoms with Crippen molar-refractivity contribution in [3.63, 3.8) is 0 Å². The first-order valence-electron chi connectivity index (χ1n) is 14.1. The molecule has 0 bridgehead atoms. The molecule has 0 radical (unpaired) electrons. The van der Waals surface area contributed by atoms with E-state index in [1.165, 1.54) is 32.1 Å². The van der Waals surface area contributed by atoms with Gasteiger partial charge in [-0.15, -0.1) is 5.10 Å². The Labute approximate surface area is 219 Å². The lowest BCUT2D eigenvalue weighted by atomic mass is 9.95. The smallest absolute Gasteiger partial charge is 0.225 e. The number of anilines is 2. The molecule has 1 saturated carbocycles. The van der Waals surface area contributed by atoms with E-state index in [1.54, 1.807) is 0 Å². The molecule has 3 heterocycles. The standard InChI is InChI=1S/C27H42N10/c1-2-7-21(8-3-1)30-17-16-28-13-6-18-37-20-23(35-36-37)19-31-27-33-25-10-5-4-9-24(25)26(34-27)32-22-11-14-29-15-12-22/h4-5,9-10,20-22,28-30H,1-3,6-8,11-19H2,(H2,31,32,33,34). The minimum atomic E-state index is 0.426. The zero-order valence-electron chi connectivity index (χ0n) is 21.9. The third-order valence-corrected chi connectivity index (χ3v) is 7.38. The van der Waals surface area contributed by atoms with E-state index < -0.39 is 0 Å². The van der Waals surface area contributed by atoms with Crippen molar-refractivity contribution in [1.29, 1.82) is 0 Å². The molecule has 0 atom stereocenters. The summed E-state index contributed by atoms with van der Waals surface area (Å²) in [6, 6.07) is 9.32. The van der Waals surface area contributed by atoms with E-state index in [2.05, 4.69) is 43.0 Å². The fraction of sp³-hybridized carbons (Fsp3) is 0.630. The Hall–Kier alpha value is -2.82. The second-order valence-electron chi connectivity index (χ2n) is 10.3. The Morgan fingerprint density at radius 1 is 0.919 bits per heavy atom. The van der Waals surface area contributed by atoms with Crippen molar-refractivity contribution in [2.24, 2.45) is 0 Å². The van der Waals surface area contributed by atoms with E-state index in [0.717, 1.165) is 87.0 Å². The Morgan fingerprint density at radius 3 is 2.68 bits per heavy atom. The van der Waals surface area contributed by atoms with Gasteiger partial charge in [-0.3, -0.25) is 4.68 Å². The van der Waals surface area contributed by atoms with Gasteiger partial charge < -0.3 is 26.6 Å². The van der Waals surface area contributed by atoms with Crippen LogP contribution >= 0.6 is 0 Å². The van der Waals surface area contributed by atoms with Crippen molar-refractivity contribution < 1.29 is 0 Å². The maximum Gasteiger partial charge on any atom is 0.225 e. The van der Waals surface area contributed by atoms with Gasteiger partial charge in [-0.1, -0.05) is 36.6 Å². The molecule has 0 amide bonds. The van der Waals surface area contributed by atoms with Crippen molar-refractivity contribution in [3.05, 3.63) is 36.2 Å². The minimum Gasteiger partial charge on any atom is -0.367 e. The maximum absolute atomic E-state index is 4.81. The van der Waals surface area contributed by atoms with Gasteiger partial charge in [0.15, 0.2) is 0 Å². The lowest BCUT2D eigenvalue weighted by Gasteiger charge is -2.25. The van der Waals surface area contributed by atoms with Crippen molar-refractivity contribution in [2.45, 2.75) is 76.5 Å². The highest BCUT2D eigenvalue weighted by Gasteiger charge is 2.16. The Bertz CT molecular complexity index is 1090. The summed E-state index contributed by atoms with van der Waals surface area (Å²) in [5.41, 5.74) is 1.82. The van der Waals surface area contributed by atoms with E-state index in [1.807, 2.05) is 29.1 Å². The van der Waals surface area contributed by atoms with E-state index >= 15 is 0 Å². The molecule has 37 heavy (non-hydrogen) atoms. The largest absolute Gasteiger partial charge is 0.367 e. The number of rotatable bonds is 13. The highest BCUT2D eigenvalue weighted by Crippen LogP contribution is 2.24. The number of fused-ring (bicyclic) bond motifs is 1.